The molecule has 1 amide bonds. The third-order valence-corrected chi connectivity index (χ3v) is 3.66. The van der Waals surface area contributed by atoms with E-state index < -0.39 is 21.8 Å². The third-order valence-electron chi connectivity index (χ3n) is 3.05. The van der Waals surface area contributed by atoms with Crippen molar-refractivity contribution in [2.75, 3.05) is 11.0 Å². The minimum Gasteiger partial charge on any atom is -0.289 e. The standard InChI is InChI=1S/C15H16N2O4S/c1-22(20,21)17-13-9-7-12(8-10-13)14(15(18)16-19)11-5-3-2-4-6-11/h2-10,14,17,19H,1H3,(H,16,18). The summed E-state index contributed by atoms with van der Waals surface area (Å²) in [7, 11) is -3.35. The van der Waals surface area contributed by atoms with Crippen LogP contribution in [0, 0.1) is 0 Å². The number of anilines is 1. The van der Waals surface area contributed by atoms with Crippen LogP contribution in [0.3, 0.4) is 0 Å². The molecule has 0 spiro atoms. The van der Waals surface area contributed by atoms with Crippen LogP contribution in [0.25, 0.3) is 0 Å². The number of nitrogens with one attached hydrogen (secondary N) is 2. The molecule has 0 aliphatic heterocycles. The summed E-state index contributed by atoms with van der Waals surface area (Å²) in [6.07, 6.45) is 1.06. The molecule has 1 atom stereocenters. The molecule has 116 valence electrons. The molecule has 0 aliphatic carbocycles. The zero-order valence-corrected chi connectivity index (χ0v) is 12.7. The number of carbonyl (C=O) groups excluding carboxylic acids is 1. The number of benzene rings is 2. The minimum atomic E-state index is -3.35. The fourth-order valence-corrected chi connectivity index (χ4v) is 2.73. The van der Waals surface area contributed by atoms with Crippen LogP contribution in [0.2, 0.25) is 0 Å². The van der Waals surface area contributed by atoms with Crippen molar-refractivity contribution in [3.63, 3.8) is 0 Å². The van der Waals surface area contributed by atoms with Crippen LogP contribution in [-0.4, -0.2) is 25.8 Å². The molecule has 7 heteroatoms. The summed E-state index contributed by atoms with van der Waals surface area (Å²) in [4.78, 5) is 12.0. The van der Waals surface area contributed by atoms with E-state index in [1.807, 2.05) is 6.07 Å². The molecule has 2 aromatic rings. The summed E-state index contributed by atoms with van der Waals surface area (Å²) < 4.78 is 24.7. The predicted octanol–water partition coefficient (Wildman–Crippen LogP) is 1.70. The molecule has 0 aliphatic rings. The number of amides is 1. The van der Waals surface area contributed by atoms with Gasteiger partial charge in [0.05, 0.1) is 12.2 Å². The Labute approximate surface area is 128 Å². The average molecular weight is 320 g/mol. The van der Waals surface area contributed by atoms with E-state index in [2.05, 4.69) is 4.72 Å². The van der Waals surface area contributed by atoms with Gasteiger partial charge in [0.1, 0.15) is 0 Å². The Hall–Kier alpha value is -2.38. The maximum atomic E-state index is 12.0. The summed E-state index contributed by atoms with van der Waals surface area (Å²) in [6.45, 7) is 0. The lowest BCUT2D eigenvalue weighted by atomic mass is 9.90. The van der Waals surface area contributed by atoms with Crippen molar-refractivity contribution in [1.29, 1.82) is 0 Å². The van der Waals surface area contributed by atoms with Gasteiger partial charge in [-0.05, 0) is 23.3 Å². The van der Waals surface area contributed by atoms with Crippen LogP contribution in [0.5, 0.6) is 0 Å². The van der Waals surface area contributed by atoms with Gasteiger partial charge in [-0.15, -0.1) is 0 Å². The van der Waals surface area contributed by atoms with E-state index in [-0.39, 0.29) is 0 Å². The maximum absolute atomic E-state index is 12.0. The Morgan fingerprint density at radius 3 is 2.05 bits per heavy atom. The smallest absolute Gasteiger partial charge is 0.255 e. The normalized spacial score (nSPS) is 12.5. The number of rotatable bonds is 5. The van der Waals surface area contributed by atoms with Crippen LogP contribution in [0.1, 0.15) is 17.0 Å². The predicted molar refractivity (Wildman–Crippen MR) is 83.1 cm³/mol. The fraction of sp³-hybridized carbons (Fsp3) is 0.133. The molecule has 22 heavy (non-hydrogen) atoms. The molecule has 0 saturated carbocycles. The fourth-order valence-electron chi connectivity index (χ4n) is 2.16. The van der Waals surface area contributed by atoms with Gasteiger partial charge in [-0.3, -0.25) is 14.7 Å². The largest absolute Gasteiger partial charge is 0.289 e. The Morgan fingerprint density at radius 1 is 1.00 bits per heavy atom. The number of carbonyl (C=O) groups is 1. The molecule has 2 aromatic carbocycles. The zero-order chi connectivity index (χ0) is 16.2. The third kappa shape index (κ3) is 4.06. The summed E-state index contributed by atoms with van der Waals surface area (Å²) in [5.41, 5.74) is 3.43. The number of hydroxylamine groups is 1. The molecule has 0 saturated heterocycles. The molecular formula is C15H16N2O4S. The van der Waals surface area contributed by atoms with Crippen LogP contribution < -0.4 is 10.2 Å². The van der Waals surface area contributed by atoms with E-state index >= 15 is 0 Å². The van der Waals surface area contributed by atoms with Crippen LogP contribution >= 0.6 is 0 Å². The molecule has 6 nitrogen and oxygen atoms in total. The molecule has 3 N–H and O–H groups in total. The van der Waals surface area contributed by atoms with Gasteiger partial charge >= 0.3 is 0 Å². The second-order valence-electron chi connectivity index (χ2n) is 4.82. The van der Waals surface area contributed by atoms with E-state index in [1.54, 1.807) is 54.0 Å². The number of hydrogen-bond acceptors (Lipinski definition) is 4. The van der Waals surface area contributed by atoms with Gasteiger partial charge in [-0.1, -0.05) is 42.5 Å². The second-order valence-corrected chi connectivity index (χ2v) is 6.56. The van der Waals surface area contributed by atoms with Gasteiger partial charge in [-0.25, -0.2) is 13.9 Å². The number of sulfonamides is 1. The van der Waals surface area contributed by atoms with E-state index in [0.29, 0.717) is 11.3 Å². The lowest BCUT2D eigenvalue weighted by Crippen LogP contribution is -2.27. The van der Waals surface area contributed by atoms with Crippen molar-refractivity contribution < 1.29 is 18.4 Å². The first kappa shape index (κ1) is 16.0. The van der Waals surface area contributed by atoms with Crippen molar-refractivity contribution in [1.82, 2.24) is 5.48 Å². The van der Waals surface area contributed by atoms with Crippen molar-refractivity contribution >= 4 is 21.6 Å². The van der Waals surface area contributed by atoms with Crippen molar-refractivity contribution in [3.05, 3.63) is 65.7 Å². The van der Waals surface area contributed by atoms with Crippen LogP contribution in [-0.2, 0) is 14.8 Å². The van der Waals surface area contributed by atoms with Gasteiger partial charge < -0.3 is 0 Å². The molecule has 1 unspecified atom stereocenters. The second kappa shape index (κ2) is 6.59. The lowest BCUT2D eigenvalue weighted by Gasteiger charge is -2.16. The Bertz CT molecular complexity index is 743. The van der Waals surface area contributed by atoms with Crippen LogP contribution in [0.4, 0.5) is 5.69 Å². The highest BCUT2D eigenvalue weighted by molar-refractivity contribution is 7.92. The van der Waals surface area contributed by atoms with Gasteiger partial charge in [0.25, 0.3) is 5.91 Å². The van der Waals surface area contributed by atoms with Crippen molar-refractivity contribution in [3.8, 4) is 0 Å². The SMILES string of the molecule is CS(=O)(=O)Nc1ccc(C(C(=O)NO)c2ccccc2)cc1. The first-order chi connectivity index (χ1) is 10.4. The Morgan fingerprint density at radius 2 is 1.55 bits per heavy atom. The van der Waals surface area contributed by atoms with Crippen molar-refractivity contribution in [2.45, 2.75) is 5.92 Å². The first-order valence-corrected chi connectivity index (χ1v) is 8.36. The minimum absolute atomic E-state index is 0.405. The molecule has 0 radical (unpaired) electrons. The summed E-state index contributed by atoms with van der Waals surface area (Å²) in [6, 6.07) is 15.4. The molecule has 0 fully saturated rings. The quantitative estimate of drug-likeness (QED) is 0.577. The molecular weight excluding hydrogens is 304 g/mol. The molecule has 2 rings (SSSR count). The highest BCUT2D eigenvalue weighted by atomic mass is 32.2. The topological polar surface area (TPSA) is 95.5 Å². The van der Waals surface area contributed by atoms with E-state index in [0.717, 1.165) is 11.8 Å². The van der Waals surface area contributed by atoms with E-state index in [1.165, 1.54) is 0 Å². The number of hydrogen-bond donors (Lipinski definition) is 3. The van der Waals surface area contributed by atoms with Gasteiger partial charge in [0.15, 0.2) is 0 Å². The van der Waals surface area contributed by atoms with Gasteiger partial charge in [-0.2, -0.15) is 0 Å². The summed E-state index contributed by atoms with van der Waals surface area (Å²) in [5.74, 6) is -1.24. The van der Waals surface area contributed by atoms with Gasteiger partial charge in [0, 0.05) is 5.69 Å². The van der Waals surface area contributed by atoms with E-state index in [9.17, 15) is 13.2 Å². The summed E-state index contributed by atoms with van der Waals surface area (Å²) in [5, 5.41) is 8.94. The Balaban J connectivity index is 2.35. The van der Waals surface area contributed by atoms with Crippen LogP contribution in [0.15, 0.2) is 54.6 Å². The zero-order valence-electron chi connectivity index (χ0n) is 11.9. The average Bonchev–Trinajstić information content (AvgIpc) is 2.48. The first-order valence-electron chi connectivity index (χ1n) is 6.47. The van der Waals surface area contributed by atoms with Crippen molar-refractivity contribution in [2.24, 2.45) is 0 Å². The summed E-state index contributed by atoms with van der Waals surface area (Å²) >= 11 is 0. The van der Waals surface area contributed by atoms with Gasteiger partial charge in [0.2, 0.25) is 10.0 Å². The molecule has 0 heterocycles. The Kier molecular flexibility index (Phi) is 4.79. The maximum Gasteiger partial charge on any atom is 0.255 e. The monoisotopic (exact) mass is 320 g/mol. The highest BCUT2D eigenvalue weighted by Gasteiger charge is 2.22. The molecule has 0 bridgehead atoms. The highest BCUT2D eigenvalue weighted by Crippen LogP contribution is 2.26. The lowest BCUT2D eigenvalue weighted by molar-refractivity contribution is -0.129. The van der Waals surface area contributed by atoms with E-state index in [4.69, 9.17) is 5.21 Å². The molecule has 0 aromatic heterocycles.